The molecule has 0 atom stereocenters. The fraction of sp³-hybridized carbons (Fsp3) is 0.278. The van der Waals surface area contributed by atoms with Gasteiger partial charge in [0.05, 0.1) is 11.2 Å². The van der Waals surface area contributed by atoms with Crippen molar-refractivity contribution >= 4 is 33.5 Å². The maximum atomic E-state index is 5.55. The van der Waals surface area contributed by atoms with Crippen LogP contribution >= 0.6 is 0 Å². The van der Waals surface area contributed by atoms with Crippen LogP contribution in [0, 0.1) is 0 Å². The van der Waals surface area contributed by atoms with Crippen LogP contribution in [0.1, 0.15) is 38.3 Å². The Kier molecular flexibility index (Phi) is 3.65. The predicted octanol–water partition coefficient (Wildman–Crippen LogP) is 4.75. The summed E-state index contributed by atoms with van der Waals surface area (Å²) in [4.78, 5) is 4.36. The van der Waals surface area contributed by atoms with Gasteiger partial charge >= 0.3 is 0 Å². The normalized spacial score (nSPS) is 11.6. The Morgan fingerprint density at radius 2 is 2.08 bits per heavy atom. The molecule has 6 nitrogen and oxygen atoms in total. The van der Waals surface area contributed by atoms with Gasteiger partial charge in [-0.05, 0) is 37.1 Å². The number of aromatic amines is 1. The smallest absolute Gasteiger partial charge is 0.178 e. The summed E-state index contributed by atoms with van der Waals surface area (Å²) in [5, 5.41) is 15.9. The van der Waals surface area contributed by atoms with Crippen LogP contribution in [0.4, 0.5) is 11.5 Å². The van der Waals surface area contributed by atoms with Crippen LogP contribution in [0.2, 0.25) is 0 Å². The van der Waals surface area contributed by atoms with E-state index in [1.165, 1.54) is 0 Å². The molecule has 0 saturated heterocycles. The molecule has 0 bridgehead atoms. The average molecular weight is 321 g/mol. The van der Waals surface area contributed by atoms with E-state index in [1.54, 1.807) is 6.20 Å². The fourth-order valence-electron chi connectivity index (χ4n) is 3.08. The quantitative estimate of drug-likeness (QED) is 0.554. The van der Waals surface area contributed by atoms with Gasteiger partial charge in [-0.2, -0.15) is 5.10 Å². The van der Waals surface area contributed by atoms with Crippen molar-refractivity contribution in [3.8, 4) is 0 Å². The highest BCUT2D eigenvalue weighted by atomic mass is 16.5. The highest BCUT2D eigenvalue weighted by Crippen LogP contribution is 2.31. The lowest BCUT2D eigenvalue weighted by Gasteiger charge is -2.08. The molecule has 3 heterocycles. The predicted molar refractivity (Wildman–Crippen MR) is 94.5 cm³/mol. The molecule has 3 aromatic heterocycles. The van der Waals surface area contributed by atoms with Gasteiger partial charge in [0.15, 0.2) is 11.4 Å². The molecule has 4 aromatic rings. The molecule has 0 aliphatic carbocycles. The number of nitrogens with zero attached hydrogens (tertiary/aromatic N) is 3. The molecule has 0 radical (unpaired) electrons. The van der Waals surface area contributed by atoms with Crippen LogP contribution in [0.3, 0.4) is 0 Å². The summed E-state index contributed by atoms with van der Waals surface area (Å²) in [6, 6.07) is 9.86. The second-order valence-corrected chi connectivity index (χ2v) is 5.89. The Labute approximate surface area is 139 Å². The summed E-state index contributed by atoms with van der Waals surface area (Å²) in [5.74, 6) is 1.13. The van der Waals surface area contributed by atoms with Crippen LogP contribution in [-0.2, 0) is 0 Å². The third kappa shape index (κ3) is 2.40. The second-order valence-electron chi connectivity index (χ2n) is 5.89. The molecular formula is C18H19N5O. The second kappa shape index (κ2) is 5.96. The van der Waals surface area contributed by atoms with Gasteiger partial charge in [0.25, 0.3) is 0 Å². The van der Waals surface area contributed by atoms with E-state index in [2.05, 4.69) is 45.6 Å². The molecule has 0 amide bonds. The van der Waals surface area contributed by atoms with Gasteiger partial charge in [0.2, 0.25) is 0 Å². The molecular weight excluding hydrogens is 302 g/mol. The molecule has 4 rings (SSSR count). The zero-order chi connectivity index (χ0) is 16.5. The lowest BCUT2D eigenvalue weighted by atomic mass is 9.97. The van der Waals surface area contributed by atoms with Crippen molar-refractivity contribution in [1.29, 1.82) is 0 Å². The number of fused-ring (bicyclic) bond motifs is 2. The molecule has 0 saturated carbocycles. The Bertz CT molecular complexity index is 983. The molecule has 2 N–H and O–H groups in total. The van der Waals surface area contributed by atoms with Crippen molar-refractivity contribution in [3.05, 3.63) is 42.2 Å². The molecule has 0 spiro atoms. The van der Waals surface area contributed by atoms with Crippen LogP contribution in [0.5, 0.6) is 0 Å². The maximum Gasteiger partial charge on any atom is 0.178 e. The summed E-state index contributed by atoms with van der Waals surface area (Å²) in [6.45, 7) is 4.36. The van der Waals surface area contributed by atoms with E-state index in [0.717, 1.165) is 46.2 Å². The first-order valence-electron chi connectivity index (χ1n) is 8.25. The Morgan fingerprint density at radius 3 is 2.92 bits per heavy atom. The Morgan fingerprint density at radius 1 is 1.21 bits per heavy atom. The molecule has 1 aromatic carbocycles. The van der Waals surface area contributed by atoms with Crippen LogP contribution in [0.15, 0.2) is 41.1 Å². The van der Waals surface area contributed by atoms with E-state index in [4.69, 9.17) is 4.52 Å². The zero-order valence-electron chi connectivity index (χ0n) is 13.7. The number of nitrogens with one attached hydrogen (secondary N) is 2. The third-order valence-electron chi connectivity index (χ3n) is 4.46. The van der Waals surface area contributed by atoms with Gasteiger partial charge in [0.1, 0.15) is 5.52 Å². The van der Waals surface area contributed by atoms with E-state index in [0.29, 0.717) is 11.7 Å². The molecule has 0 aliphatic heterocycles. The highest BCUT2D eigenvalue weighted by molar-refractivity contribution is 5.89. The lowest BCUT2D eigenvalue weighted by Crippen LogP contribution is -1.96. The van der Waals surface area contributed by atoms with Gasteiger partial charge in [0, 0.05) is 29.3 Å². The summed E-state index contributed by atoms with van der Waals surface area (Å²) < 4.78 is 5.55. The van der Waals surface area contributed by atoms with E-state index in [-0.39, 0.29) is 0 Å². The summed E-state index contributed by atoms with van der Waals surface area (Å²) in [7, 11) is 0. The highest BCUT2D eigenvalue weighted by Gasteiger charge is 2.16. The van der Waals surface area contributed by atoms with Gasteiger partial charge < -0.3 is 9.84 Å². The van der Waals surface area contributed by atoms with E-state index >= 15 is 0 Å². The summed E-state index contributed by atoms with van der Waals surface area (Å²) in [5.41, 5.74) is 4.45. The Hall–Kier alpha value is -2.89. The molecule has 122 valence electrons. The van der Waals surface area contributed by atoms with Crippen LogP contribution in [-0.4, -0.2) is 20.3 Å². The van der Waals surface area contributed by atoms with Gasteiger partial charge in [-0.3, -0.25) is 10.1 Å². The third-order valence-corrected chi connectivity index (χ3v) is 4.46. The number of rotatable bonds is 5. The van der Waals surface area contributed by atoms with Crippen molar-refractivity contribution in [2.75, 3.05) is 5.32 Å². The van der Waals surface area contributed by atoms with Crippen molar-refractivity contribution in [2.45, 2.75) is 32.6 Å². The topological polar surface area (TPSA) is 79.6 Å². The maximum absolute atomic E-state index is 5.55. The minimum atomic E-state index is 0.435. The number of pyridine rings is 1. The zero-order valence-corrected chi connectivity index (χ0v) is 13.7. The SMILES string of the molecule is CCC(CC)c1noc2cc(Nc3n[nH]c4cccnc34)ccc12. The molecule has 0 unspecified atom stereocenters. The molecule has 0 aliphatic rings. The fourth-order valence-corrected chi connectivity index (χ4v) is 3.08. The van der Waals surface area contributed by atoms with Crippen molar-refractivity contribution < 1.29 is 4.52 Å². The number of aromatic nitrogens is 4. The monoisotopic (exact) mass is 321 g/mol. The van der Waals surface area contributed by atoms with E-state index in [1.807, 2.05) is 24.3 Å². The van der Waals surface area contributed by atoms with Crippen molar-refractivity contribution in [3.63, 3.8) is 0 Å². The molecule has 0 fully saturated rings. The summed E-state index contributed by atoms with van der Waals surface area (Å²) in [6.07, 6.45) is 3.87. The van der Waals surface area contributed by atoms with Gasteiger partial charge in [-0.25, -0.2) is 0 Å². The van der Waals surface area contributed by atoms with E-state index in [9.17, 15) is 0 Å². The van der Waals surface area contributed by atoms with Gasteiger partial charge in [-0.15, -0.1) is 0 Å². The average Bonchev–Trinajstić information content (AvgIpc) is 3.21. The van der Waals surface area contributed by atoms with Crippen molar-refractivity contribution in [2.24, 2.45) is 0 Å². The number of hydrogen-bond donors (Lipinski definition) is 2. The van der Waals surface area contributed by atoms with Gasteiger partial charge in [-0.1, -0.05) is 19.0 Å². The minimum absolute atomic E-state index is 0.435. The molecule has 6 heteroatoms. The Balaban J connectivity index is 1.68. The number of benzene rings is 1. The van der Waals surface area contributed by atoms with Crippen molar-refractivity contribution in [1.82, 2.24) is 20.3 Å². The first kappa shape index (κ1) is 14.7. The number of anilines is 2. The lowest BCUT2D eigenvalue weighted by molar-refractivity contribution is 0.432. The molecule has 24 heavy (non-hydrogen) atoms. The first-order valence-corrected chi connectivity index (χ1v) is 8.25. The summed E-state index contributed by atoms with van der Waals surface area (Å²) >= 11 is 0. The number of H-pyrrole nitrogens is 1. The number of hydrogen-bond acceptors (Lipinski definition) is 5. The minimum Gasteiger partial charge on any atom is -0.356 e. The van der Waals surface area contributed by atoms with E-state index < -0.39 is 0 Å². The van der Waals surface area contributed by atoms with Crippen LogP contribution < -0.4 is 5.32 Å². The van der Waals surface area contributed by atoms with Crippen LogP contribution in [0.25, 0.3) is 22.0 Å². The first-order chi connectivity index (χ1) is 11.8. The largest absolute Gasteiger partial charge is 0.356 e. The standard InChI is InChI=1S/C18H19N5O/c1-3-11(4-2)16-13-8-7-12(10-15(13)24-23-16)20-18-17-14(21-22-18)6-5-9-19-17/h5-11H,3-4H2,1-2H3,(H2,20,21,22).